The summed E-state index contributed by atoms with van der Waals surface area (Å²) in [6.45, 7) is 7.34. The van der Waals surface area contributed by atoms with Gasteiger partial charge in [0, 0.05) is 24.0 Å². The summed E-state index contributed by atoms with van der Waals surface area (Å²) in [5, 5.41) is 0.521. The lowest BCUT2D eigenvalue weighted by atomic mass is 10.1. The van der Waals surface area contributed by atoms with Gasteiger partial charge in [-0.15, -0.1) is 23.1 Å². The zero-order valence-electron chi connectivity index (χ0n) is 14.8. The molecule has 3 N–H and O–H groups in total. The largest absolute Gasteiger partial charge is 0.342 e. The quantitative estimate of drug-likeness (QED) is 0.848. The van der Waals surface area contributed by atoms with E-state index in [0.29, 0.717) is 17.0 Å². The summed E-state index contributed by atoms with van der Waals surface area (Å²) in [6, 6.07) is 0.214. The summed E-state index contributed by atoms with van der Waals surface area (Å²) in [4.78, 5) is 36.1. The summed E-state index contributed by atoms with van der Waals surface area (Å²) < 4.78 is 0. The molecule has 0 saturated carbocycles. The van der Waals surface area contributed by atoms with E-state index in [2.05, 4.69) is 9.97 Å². The van der Waals surface area contributed by atoms with Crippen LogP contribution in [0.4, 0.5) is 0 Å². The highest BCUT2D eigenvalue weighted by atomic mass is 32.2. The Morgan fingerprint density at radius 2 is 2.12 bits per heavy atom. The fourth-order valence-electron chi connectivity index (χ4n) is 3.02. The Bertz CT molecular complexity index is 837. The molecular formula is C17H24N4O2S2. The van der Waals surface area contributed by atoms with Gasteiger partial charge in [0.05, 0.1) is 16.4 Å². The summed E-state index contributed by atoms with van der Waals surface area (Å²) in [5.41, 5.74) is 6.80. The first kappa shape index (κ1) is 18.4. The first-order chi connectivity index (χ1) is 11.9. The highest BCUT2D eigenvalue weighted by Gasteiger charge is 2.25. The molecule has 1 aliphatic heterocycles. The van der Waals surface area contributed by atoms with E-state index in [4.69, 9.17) is 5.73 Å². The van der Waals surface area contributed by atoms with Gasteiger partial charge in [0.15, 0.2) is 0 Å². The number of H-pyrrole nitrogens is 1. The number of rotatable bonds is 4. The van der Waals surface area contributed by atoms with Crippen molar-refractivity contribution >= 4 is 39.2 Å². The fraction of sp³-hybridized carbons (Fsp3) is 0.588. The van der Waals surface area contributed by atoms with Crippen LogP contribution in [-0.2, 0) is 10.5 Å². The normalized spacial score (nSPS) is 17.2. The number of likely N-dealkylation sites (tertiary alicyclic amines) is 1. The van der Waals surface area contributed by atoms with Gasteiger partial charge in [-0.05, 0) is 39.2 Å². The average Bonchev–Trinajstić information content (AvgIpc) is 2.87. The molecule has 136 valence electrons. The van der Waals surface area contributed by atoms with Crippen LogP contribution in [0.15, 0.2) is 4.79 Å². The molecule has 1 saturated heterocycles. The Morgan fingerprint density at radius 1 is 1.44 bits per heavy atom. The van der Waals surface area contributed by atoms with Crippen molar-refractivity contribution in [3.05, 3.63) is 26.6 Å². The maximum atomic E-state index is 12.5. The number of fused-ring (bicyclic) bond motifs is 1. The van der Waals surface area contributed by atoms with Crippen LogP contribution >= 0.6 is 23.1 Å². The number of aromatic nitrogens is 2. The van der Waals surface area contributed by atoms with Crippen molar-refractivity contribution in [2.24, 2.45) is 5.73 Å². The molecule has 0 bridgehead atoms. The van der Waals surface area contributed by atoms with Crippen LogP contribution in [0, 0.1) is 13.8 Å². The zero-order chi connectivity index (χ0) is 18.1. The van der Waals surface area contributed by atoms with E-state index < -0.39 is 0 Å². The van der Waals surface area contributed by atoms with Crippen LogP contribution in [0.5, 0.6) is 0 Å². The van der Waals surface area contributed by atoms with Crippen molar-refractivity contribution in [2.45, 2.75) is 50.7 Å². The molecule has 6 nitrogen and oxygen atoms in total. The second-order valence-electron chi connectivity index (χ2n) is 6.59. The molecule has 1 aliphatic rings. The predicted molar refractivity (Wildman–Crippen MR) is 104 cm³/mol. The van der Waals surface area contributed by atoms with E-state index in [1.165, 1.54) is 11.8 Å². The van der Waals surface area contributed by atoms with E-state index in [0.717, 1.165) is 41.2 Å². The first-order valence-electron chi connectivity index (χ1n) is 8.51. The number of aryl methyl sites for hydroxylation is 2. The van der Waals surface area contributed by atoms with Crippen LogP contribution in [0.25, 0.3) is 10.2 Å². The smallest absolute Gasteiger partial charge is 0.259 e. The Balaban J connectivity index is 1.66. The number of carbonyl (C=O) groups is 1. The number of nitrogens with one attached hydrogen (secondary N) is 1. The molecule has 2 aromatic heterocycles. The van der Waals surface area contributed by atoms with Gasteiger partial charge in [-0.3, -0.25) is 9.59 Å². The minimum absolute atomic E-state index is 0.0913. The SMILES string of the molecule is Cc1sc2nc(CSC(C)C(=O)N3CCC(N)CC3)[nH]c(=O)c2c1C. The number of hydrogen-bond acceptors (Lipinski definition) is 6. The standard InChI is InChI=1S/C17H24N4O2S2/c1-9-10(2)25-16-14(9)15(22)19-13(20-16)8-24-11(3)17(23)21-6-4-12(18)5-7-21/h11-12H,4-8,18H2,1-3H3,(H,19,20,22). The molecule has 1 fully saturated rings. The second kappa shape index (κ2) is 7.47. The molecule has 3 rings (SSSR count). The minimum Gasteiger partial charge on any atom is -0.342 e. The van der Waals surface area contributed by atoms with Gasteiger partial charge in [0.25, 0.3) is 5.56 Å². The Hall–Kier alpha value is -1.38. The zero-order valence-corrected chi connectivity index (χ0v) is 16.4. The molecule has 3 heterocycles. The van der Waals surface area contributed by atoms with Crippen molar-refractivity contribution in [1.29, 1.82) is 0 Å². The molecule has 0 aromatic carbocycles. The number of thiophene rings is 1. The molecule has 2 aromatic rings. The summed E-state index contributed by atoms with van der Waals surface area (Å²) in [5.74, 6) is 1.29. The van der Waals surface area contributed by atoms with Crippen molar-refractivity contribution in [1.82, 2.24) is 14.9 Å². The van der Waals surface area contributed by atoms with Gasteiger partial charge in [-0.25, -0.2) is 4.98 Å². The predicted octanol–water partition coefficient (Wildman–Crippen LogP) is 2.17. The highest BCUT2D eigenvalue weighted by Crippen LogP contribution is 2.27. The lowest BCUT2D eigenvalue weighted by molar-refractivity contribution is -0.131. The number of piperidine rings is 1. The van der Waals surface area contributed by atoms with Gasteiger partial charge in [-0.1, -0.05) is 0 Å². The molecule has 0 spiro atoms. The Kier molecular flexibility index (Phi) is 5.50. The van der Waals surface area contributed by atoms with Crippen LogP contribution in [0.2, 0.25) is 0 Å². The van der Waals surface area contributed by atoms with Gasteiger partial charge in [0.1, 0.15) is 10.7 Å². The topological polar surface area (TPSA) is 92.1 Å². The van der Waals surface area contributed by atoms with E-state index in [1.54, 1.807) is 11.3 Å². The number of hydrogen-bond donors (Lipinski definition) is 2. The molecule has 0 aliphatic carbocycles. The van der Waals surface area contributed by atoms with Crippen molar-refractivity contribution < 1.29 is 4.79 Å². The molecule has 1 atom stereocenters. The maximum absolute atomic E-state index is 12.5. The van der Waals surface area contributed by atoms with Crippen LogP contribution in [-0.4, -0.2) is 45.2 Å². The lowest BCUT2D eigenvalue weighted by Gasteiger charge is -2.31. The molecule has 1 unspecified atom stereocenters. The fourth-order valence-corrected chi connectivity index (χ4v) is 4.90. The van der Waals surface area contributed by atoms with Crippen molar-refractivity contribution in [3.8, 4) is 0 Å². The van der Waals surface area contributed by atoms with E-state index >= 15 is 0 Å². The van der Waals surface area contributed by atoms with Gasteiger partial charge in [0.2, 0.25) is 5.91 Å². The number of carbonyl (C=O) groups excluding carboxylic acids is 1. The van der Waals surface area contributed by atoms with Gasteiger partial charge in [-0.2, -0.15) is 0 Å². The van der Waals surface area contributed by atoms with Crippen LogP contribution in [0.1, 0.15) is 36.0 Å². The lowest BCUT2D eigenvalue weighted by Crippen LogP contribution is -2.45. The monoisotopic (exact) mass is 380 g/mol. The molecule has 25 heavy (non-hydrogen) atoms. The van der Waals surface area contributed by atoms with Crippen LogP contribution < -0.4 is 11.3 Å². The van der Waals surface area contributed by atoms with E-state index in [-0.39, 0.29) is 22.8 Å². The number of amides is 1. The average molecular weight is 381 g/mol. The molecular weight excluding hydrogens is 356 g/mol. The third-order valence-electron chi connectivity index (χ3n) is 4.76. The molecule has 0 radical (unpaired) electrons. The number of nitrogens with zero attached hydrogens (tertiary/aromatic N) is 2. The maximum Gasteiger partial charge on any atom is 0.259 e. The highest BCUT2D eigenvalue weighted by molar-refractivity contribution is 7.99. The summed E-state index contributed by atoms with van der Waals surface area (Å²) >= 11 is 3.05. The Labute approximate surface area is 155 Å². The Morgan fingerprint density at radius 3 is 2.80 bits per heavy atom. The molecule has 1 amide bonds. The third kappa shape index (κ3) is 3.91. The minimum atomic E-state index is -0.165. The number of thioether (sulfide) groups is 1. The van der Waals surface area contributed by atoms with Gasteiger partial charge < -0.3 is 15.6 Å². The number of aromatic amines is 1. The summed E-state index contributed by atoms with van der Waals surface area (Å²) in [7, 11) is 0. The first-order valence-corrected chi connectivity index (χ1v) is 10.4. The van der Waals surface area contributed by atoms with E-state index in [9.17, 15) is 9.59 Å². The molecule has 8 heteroatoms. The third-order valence-corrected chi connectivity index (χ3v) is 7.00. The number of nitrogens with two attached hydrogens (primary N) is 1. The second-order valence-corrected chi connectivity index (χ2v) is 9.12. The van der Waals surface area contributed by atoms with E-state index in [1.807, 2.05) is 25.7 Å². The van der Waals surface area contributed by atoms with Crippen LogP contribution in [0.3, 0.4) is 0 Å². The van der Waals surface area contributed by atoms with Crippen molar-refractivity contribution in [3.63, 3.8) is 0 Å². The summed E-state index contributed by atoms with van der Waals surface area (Å²) in [6.07, 6.45) is 1.73. The van der Waals surface area contributed by atoms with Gasteiger partial charge >= 0.3 is 0 Å². The van der Waals surface area contributed by atoms with Crippen molar-refractivity contribution in [2.75, 3.05) is 13.1 Å².